The lowest BCUT2D eigenvalue weighted by molar-refractivity contribution is 0.00434. The Morgan fingerprint density at radius 1 is 0.950 bits per heavy atom. The summed E-state index contributed by atoms with van der Waals surface area (Å²) in [5, 5.41) is 3.76. The highest BCUT2D eigenvalue weighted by atomic mass is 15.2. The number of piperidine rings is 2. The van der Waals surface area contributed by atoms with Crippen LogP contribution in [0.25, 0.3) is 0 Å². The van der Waals surface area contributed by atoms with Gasteiger partial charge in [0.2, 0.25) is 0 Å². The van der Waals surface area contributed by atoms with Gasteiger partial charge in [-0.25, -0.2) is 0 Å². The number of rotatable bonds is 3. The molecule has 0 bridgehead atoms. The second kappa shape index (κ2) is 6.76. The molecule has 0 radical (unpaired) electrons. The van der Waals surface area contributed by atoms with E-state index in [1.807, 2.05) is 0 Å². The number of hydrogen-bond acceptors (Lipinski definition) is 3. The van der Waals surface area contributed by atoms with Gasteiger partial charge in [-0.15, -0.1) is 0 Å². The molecule has 0 amide bonds. The number of likely N-dealkylation sites (N-methyl/N-ethyl adjacent to an activating group) is 1. The van der Waals surface area contributed by atoms with Gasteiger partial charge in [-0.1, -0.05) is 19.8 Å². The van der Waals surface area contributed by atoms with Crippen LogP contribution in [0.15, 0.2) is 0 Å². The fourth-order valence-electron chi connectivity index (χ4n) is 5.03. The number of nitrogens with one attached hydrogen (secondary N) is 1. The fraction of sp³-hybridized carbons (Fsp3) is 1.00. The van der Waals surface area contributed by atoms with Gasteiger partial charge in [-0.2, -0.15) is 0 Å². The molecular weight excluding hydrogens is 246 g/mol. The van der Waals surface area contributed by atoms with E-state index in [1.54, 1.807) is 0 Å². The van der Waals surface area contributed by atoms with Crippen molar-refractivity contribution in [1.29, 1.82) is 0 Å². The zero-order chi connectivity index (χ0) is 13.9. The summed E-state index contributed by atoms with van der Waals surface area (Å²) in [5.41, 5.74) is 0. The molecule has 2 aliphatic heterocycles. The molecule has 3 aliphatic rings. The first-order valence-electron chi connectivity index (χ1n) is 8.97. The molecule has 4 unspecified atom stereocenters. The first-order chi connectivity index (χ1) is 9.79. The molecule has 116 valence electrons. The topological polar surface area (TPSA) is 18.5 Å². The van der Waals surface area contributed by atoms with Crippen LogP contribution in [-0.2, 0) is 0 Å². The Balaban J connectivity index is 1.62. The molecule has 2 saturated heterocycles. The smallest absolute Gasteiger partial charge is 0.0249 e. The van der Waals surface area contributed by atoms with E-state index in [0.29, 0.717) is 0 Å². The van der Waals surface area contributed by atoms with E-state index in [9.17, 15) is 0 Å². The largest absolute Gasteiger partial charge is 0.313 e. The van der Waals surface area contributed by atoms with Crippen molar-refractivity contribution in [3.63, 3.8) is 0 Å². The normalized spacial score (nSPS) is 40.5. The van der Waals surface area contributed by atoms with Crippen LogP contribution in [-0.4, -0.2) is 61.2 Å². The van der Waals surface area contributed by atoms with E-state index in [1.165, 1.54) is 64.6 Å². The van der Waals surface area contributed by atoms with Crippen LogP contribution in [0.1, 0.15) is 51.9 Å². The van der Waals surface area contributed by atoms with Crippen LogP contribution in [0.5, 0.6) is 0 Å². The molecule has 2 heterocycles. The van der Waals surface area contributed by atoms with Crippen molar-refractivity contribution in [3.05, 3.63) is 0 Å². The van der Waals surface area contributed by atoms with E-state index in [2.05, 4.69) is 29.1 Å². The number of fused-ring (bicyclic) bond motifs is 1. The van der Waals surface area contributed by atoms with E-state index >= 15 is 0 Å². The lowest BCUT2D eigenvalue weighted by Gasteiger charge is -2.50. The molecule has 1 N–H and O–H groups in total. The minimum absolute atomic E-state index is 0.756. The van der Waals surface area contributed by atoms with Crippen LogP contribution in [0.3, 0.4) is 0 Å². The highest BCUT2D eigenvalue weighted by molar-refractivity contribution is 4.95. The predicted octanol–water partition coefficient (Wildman–Crippen LogP) is 2.32. The molecule has 4 atom stereocenters. The summed E-state index contributed by atoms with van der Waals surface area (Å²) in [6.45, 7) is 7.40. The molecule has 3 heteroatoms. The zero-order valence-corrected chi connectivity index (χ0v) is 13.5. The standard InChI is InChI=1S/C17H33N3/c1-3-18-15-8-4-5-9-17(15)20-12-10-16-14(13-20)7-6-11-19(16)2/h14-18H,3-13H2,1-2H3. The average Bonchev–Trinajstić information content (AvgIpc) is 2.48. The molecule has 0 spiro atoms. The maximum atomic E-state index is 3.76. The van der Waals surface area contributed by atoms with E-state index in [-0.39, 0.29) is 0 Å². The molecular formula is C17H33N3. The second-order valence-corrected chi connectivity index (χ2v) is 7.25. The van der Waals surface area contributed by atoms with Gasteiger partial charge >= 0.3 is 0 Å². The molecule has 1 aliphatic carbocycles. The van der Waals surface area contributed by atoms with Crippen molar-refractivity contribution in [1.82, 2.24) is 15.1 Å². The molecule has 0 aromatic rings. The van der Waals surface area contributed by atoms with Crippen LogP contribution in [0, 0.1) is 5.92 Å². The van der Waals surface area contributed by atoms with Gasteiger partial charge in [0.1, 0.15) is 0 Å². The van der Waals surface area contributed by atoms with E-state index in [4.69, 9.17) is 0 Å². The summed E-state index contributed by atoms with van der Waals surface area (Å²) >= 11 is 0. The third-order valence-corrected chi connectivity index (χ3v) is 6.04. The Hall–Kier alpha value is -0.120. The Morgan fingerprint density at radius 3 is 2.65 bits per heavy atom. The monoisotopic (exact) mass is 279 g/mol. The molecule has 3 nitrogen and oxygen atoms in total. The van der Waals surface area contributed by atoms with Crippen molar-refractivity contribution < 1.29 is 0 Å². The minimum Gasteiger partial charge on any atom is -0.313 e. The van der Waals surface area contributed by atoms with Crippen LogP contribution < -0.4 is 5.32 Å². The van der Waals surface area contributed by atoms with Gasteiger partial charge in [-0.05, 0) is 58.2 Å². The van der Waals surface area contributed by atoms with Crippen molar-refractivity contribution in [2.45, 2.75) is 70.0 Å². The summed E-state index contributed by atoms with van der Waals surface area (Å²) in [7, 11) is 2.34. The number of likely N-dealkylation sites (tertiary alicyclic amines) is 2. The average molecular weight is 279 g/mol. The first kappa shape index (κ1) is 14.8. The molecule has 1 saturated carbocycles. The van der Waals surface area contributed by atoms with Gasteiger partial charge in [0.15, 0.2) is 0 Å². The van der Waals surface area contributed by atoms with Crippen LogP contribution in [0.4, 0.5) is 0 Å². The summed E-state index contributed by atoms with van der Waals surface area (Å²) < 4.78 is 0. The van der Waals surface area contributed by atoms with Gasteiger partial charge in [-0.3, -0.25) is 4.90 Å². The number of nitrogens with zero attached hydrogens (tertiary/aromatic N) is 2. The van der Waals surface area contributed by atoms with Crippen molar-refractivity contribution in [2.75, 3.05) is 33.2 Å². The first-order valence-corrected chi connectivity index (χ1v) is 8.97. The van der Waals surface area contributed by atoms with Gasteiger partial charge in [0.25, 0.3) is 0 Å². The maximum absolute atomic E-state index is 3.76. The molecule has 20 heavy (non-hydrogen) atoms. The summed E-state index contributed by atoms with van der Waals surface area (Å²) in [6, 6.07) is 2.45. The van der Waals surface area contributed by atoms with Gasteiger partial charge < -0.3 is 10.2 Å². The summed E-state index contributed by atoms with van der Waals surface area (Å²) in [4.78, 5) is 5.49. The van der Waals surface area contributed by atoms with Gasteiger partial charge in [0, 0.05) is 31.2 Å². The highest BCUT2D eigenvalue weighted by Gasteiger charge is 2.38. The second-order valence-electron chi connectivity index (χ2n) is 7.25. The van der Waals surface area contributed by atoms with Crippen LogP contribution in [0.2, 0.25) is 0 Å². The zero-order valence-electron chi connectivity index (χ0n) is 13.5. The minimum atomic E-state index is 0.756. The predicted molar refractivity (Wildman–Crippen MR) is 85.1 cm³/mol. The third kappa shape index (κ3) is 3.05. The SMILES string of the molecule is CCNC1CCCCC1N1CCC2C(CCCN2C)C1. The highest BCUT2D eigenvalue weighted by Crippen LogP contribution is 2.33. The number of hydrogen-bond donors (Lipinski definition) is 1. The lowest BCUT2D eigenvalue weighted by atomic mass is 9.81. The van der Waals surface area contributed by atoms with Gasteiger partial charge in [0.05, 0.1) is 0 Å². The Bertz CT molecular complexity index is 305. The fourth-order valence-corrected chi connectivity index (χ4v) is 5.03. The van der Waals surface area contributed by atoms with E-state index < -0.39 is 0 Å². The van der Waals surface area contributed by atoms with Crippen molar-refractivity contribution >= 4 is 0 Å². The molecule has 3 rings (SSSR count). The van der Waals surface area contributed by atoms with Crippen LogP contribution >= 0.6 is 0 Å². The Morgan fingerprint density at radius 2 is 1.80 bits per heavy atom. The lowest BCUT2D eigenvalue weighted by Crippen LogP contribution is -2.59. The van der Waals surface area contributed by atoms with E-state index in [0.717, 1.165) is 30.6 Å². The summed E-state index contributed by atoms with van der Waals surface area (Å²) in [5.74, 6) is 0.937. The van der Waals surface area contributed by atoms with Crippen molar-refractivity contribution in [3.8, 4) is 0 Å². The maximum Gasteiger partial charge on any atom is 0.0249 e. The summed E-state index contributed by atoms with van der Waals surface area (Å²) in [6.07, 6.45) is 9.95. The third-order valence-electron chi connectivity index (χ3n) is 6.04. The molecule has 3 fully saturated rings. The Labute approximate surface area is 125 Å². The molecule has 0 aromatic heterocycles. The molecule has 0 aromatic carbocycles. The quantitative estimate of drug-likeness (QED) is 0.855. The Kier molecular flexibility index (Phi) is 5.00. The van der Waals surface area contributed by atoms with Crippen molar-refractivity contribution in [2.24, 2.45) is 5.92 Å².